The lowest BCUT2D eigenvalue weighted by Gasteiger charge is -2.46. The molecule has 1 atom stereocenters. The first-order chi connectivity index (χ1) is 8.79. The first-order valence-corrected chi connectivity index (χ1v) is 7.77. The molecule has 0 bridgehead atoms. The third kappa shape index (κ3) is 6.55. The first-order valence-electron chi connectivity index (χ1n) is 7.77. The number of hydrogen-bond donors (Lipinski definition) is 1. The van der Waals surface area contributed by atoms with E-state index in [1.165, 1.54) is 0 Å². The van der Waals surface area contributed by atoms with Crippen LogP contribution in [0.1, 0.15) is 68.7 Å². The van der Waals surface area contributed by atoms with Crippen molar-refractivity contribution < 1.29 is 14.6 Å². The first kappa shape index (κ1) is 19.9. The molecule has 0 aromatic heterocycles. The van der Waals surface area contributed by atoms with E-state index in [9.17, 15) is 5.11 Å². The van der Waals surface area contributed by atoms with Gasteiger partial charge in [0.15, 0.2) is 0 Å². The van der Waals surface area contributed by atoms with Gasteiger partial charge >= 0.3 is 0 Å². The summed E-state index contributed by atoms with van der Waals surface area (Å²) in [5, 5.41) is 9.77. The Labute approximate surface area is 126 Å². The molecule has 0 aliphatic heterocycles. The zero-order chi connectivity index (χ0) is 16.2. The van der Waals surface area contributed by atoms with Crippen molar-refractivity contribution in [3.05, 3.63) is 0 Å². The van der Waals surface area contributed by atoms with Gasteiger partial charge in [0, 0.05) is 0 Å². The standard InChI is InChI=1S/C17H36O3/c1-13(2)19-12-14(3)16(6,7)17(8,9)20-11-10-15(4,5)18/h13-14,18H,10-12H2,1-9H3. The molecular weight excluding hydrogens is 252 g/mol. The van der Waals surface area contributed by atoms with E-state index in [-0.39, 0.29) is 17.1 Å². The van der Waals surface area contributed by atoms with Gasteiger partial charge in [0.2, 0.25) is 0 Å². The molecule has 0 fully saturated rings. The minimum atomic E-state index is -0.674. The van der Waals surface area contributed by atoms with Crippen molar-refractivity contribution >= 4 is 0 Å². The van der Waals surface area contributed by atoms with Crippen LogP contribution < -0.4 is 0 Å². The third-order valence-electron chi connectivity index (χ3n) is 4.64. The van der Waals surface area contributed by atoms with Crippen LogP contribution in [0.2, 0.25) is 0 Å². The minimum Gasteiger partial charge on any atom is -0.390 e. The van der Waals surface area contributed by atoms with Crippen LogP contribution in [-0.2, 0) is 9.47 Å². The topological polar surface area (TPSA) is 38.7 Å². The molecule has 0 rings (SSSR count). The highest BCUT2D eigenvalue weighted by atomic mass is 16.5. The molecule has 0 heterocycles. The molecule has 122 valence electrons. The van der Waals surface area contributed by atoms with Crippen LogP contribution >= 0.6 is 0 Å². The van der Waals surface area contributed by atoms with Crippen molar-refractivity contribution in [2.24, 2.45) is 11.3 Å². The molecule has 0 aromatic rings. The Morgan fingerprint density at radius 1 is 0.950 bits per heavy atom. The van der Waals surface area contributed by atoms with E-state index in [2.05, 4.69) is 48.5 Å². The molecule has 1 unspecified atom stereocenters. The van der Waals surface area contributed by atoms with Crippen LogP contribution in [0.5, 0.6) is 0 Å². The Bertz CT molecular complexity index is 274. The molecule has 1 N–H and O–H groups in total. The molecular formula is C17H36O3. The van der Waals surface area contributed by atoms with E-state index in [0.29, 0.717) is 18.9 Å². The molecule has 20 heavy (non-hydrogen) atoms. The Morgan fingerprint density at radius 3 is 1.85 bits per heavy atom. The van der Waals surface area contributed by atoms with Crippen molar-refractivity contribution in [3.63, 3.8) is 0 Å². The average Bonchev–Trinajstić information content (AvgIpc) is 2.23. The third-order valence-corrected chi connectivity index (χ3v) is 4.64. The molecule has 0 aliphatic rings. The normalized spacial score (nSPS) is 15.8. The van der Waals surface area contributed by atoms with Gasteiger partial charge in [0.05, 0.1) is 30.5 Å². The number of aliphatic hydroxyl groups is 1. The van der Waals surface area contributed by atoms with Gasteiger partial charge in [-0.2, -0.15) is 0 Å². The van der Waals surface area contributed by atoms with Crippen LogP contribution in [0.4, 0.5) is 0 Å². The summed E-state index contributed by atoms with van der Waals surface area (Å²) in [7, 11) is 0. The van der Waals surface area contributed by atoms with Gasteiger partial charge in [-0.3, -0.25) is 0 Å². The summed E-state index contributed by atoms with van der Waals surface area (Å²) in [6.07, 6.45) is 0.899. The van der Waals surface area contributed by atoms with Gasteiger partial charge < -0.3 is 14.6 Å². The molecule has 0 spiro atoms. The van der Waals surface area contributed by atoms with Crippen LogP contribution in [0.15, 0.2) is 0 Å². The van der Waals surface area contributed by atoms with E-state index in [4.69, 9.17) is 9.47 Å². The fraction of sp³-hybridized carbons (Fsp3) is 1.00. The maximum atomic E-state index is 9.77. The smallest absolute Gasteiger partial charge is 0.0680 e. The van der Waals surface area contributed by atoms with Crippen LogP contribution in [0.3, 0.4) is 0 Å². The quantitative estimate of drug-likeness (QED) is 0.696. The summed E-state index contributed by atoms with van der Waals surface area (Å²) in [6, 6.07) is 0. The Balaban J connectivity index is 4.54. The second kappa shape index (κ2) is 7.24. The molecule has 0 aromatic carbocycles. The van der Waals surface area contributed by atoms with E-state index < -0.39 is 5.60 Å². The van der Waals surface area contributed by atoms with Gasteiger partial charge in [-0.1, -0.05) is 20.8 Å². The number of rotatable bonds is 9. The molecule has 3 nitrogen and oxygen atoms in total. The molecule has 0 saturated carbocycles. The van der Waals surface area contributed by atoms with Crippen molar-refractivity contribution in [1.82, 2.24) is 0 Å². The maximum Gasteiger partial charge on any atom is 0.0680 e. The average molecular weight is 288 g/mol. The Kier molecular flexibility index (Phi) is 7.19. The zero-order valence-electron chi connectivity index (χ0n) is 15.0. The number of hydrogen-bond acceptors (Lipinski definition) is 3. The van der Waals surface area contributed by atoms with Crippen molar-refractivity contribution in [2.75, 3.05) is 13.2 Å². The number of ether oxygens (including phenoxy) is 2. The van der Waals surface area contributed by atoms with E-state index >= 15 is 0 Å². The zero-order valence-corrected chi connectivity index (χ0v) is 15.0. The van der Waals surface area contributed by atoms with Gasteiger partial charge in [0.25, 0.3) is 0 Å². The summed E-state index contributed by atoms with van der Waals surface area (Å²) < 4.78 is 11.8. The van der Waals surface area contributed by atoms with Gasteiger partial charge in [-0.15, -0.1) is 0 Å². The van der Waals surface area contributed by atoms with Crippen LogP contribution in [-0.4, -0.2) is 35.6 Å². The SMILES string of the molecule is CC(C)OCC(C)C(C)(C)C(C)(C)OCCC(C)(C)O. The second-order valence-electron chi connectivity index (χ2n) is 7.93. The van der Waals surface area contributed by atoms with Crippen LogP contribution in [0, 0.1) is 11.3 Å². The molecule has 3 heteroatoms. The Morgan fingerprint density at radius 2 is 1.45 bits per heavy atom. The fourth-order valence-corrected chi connectivity index (χ4v) is 1.88. The highest BCUT2D eigenvalue weighted by molar-refractivity contribution is 4.91. The van der Waals surface area contributed by atoms with Crippen molar-refractivity contribution in [3.8, 4) is 0 Å². The lowest BCUT2D eigenvalue weighted by molar-refractivity contribution is -0.139. The summed E-state index contributed by atoms with van der Waals surface area (Å²) in [4.78, 5) is 0. The van der Waals surface area contributed by atoms with Crippen molar-refractivity contribution in [1.29, 1.82) is 0 Å². The van der Waals surface area contributed by atoms with Gasteiger partial charge in [-0.25, -0.2) is 0 Å². The van der Waals surface area contributed by atoms with E-state index in [1.54, 1.807) is 0 Å². The molecule has 0 saturated heterocycles. The molecule has 0 amide bonds. The van der Waals surface area contributed by atoms with Crippen molar-refractivity contribution in [2.45, 2.75) is 86.0 Å². The lowest BCUT2D eigenvalue weighted by Crippen LogP contribution is -2.47. The van der Waals surface area contributed by atoms with E-state index in [1.807, 2.05) is 13.8 Å². The monoisotopic (exact) mass is 288 g/mol. The predicted molar refractivity (Wildman–Crippen MR) is 85.0 cm³/mol. The molecule has 0 radical (unpaired) electrons. The van der Waals surface area contributed by atoms with Gasteiger partial charge in [0.1, 0.15) is 0 Å². The fourth-order valence-electron chi connectivity index (χ4n) is 1.88. The molecule has 0 aliphatic carbocycles. The lowest BCUT2D eigenvalue weighted by atomic mass is 9.68. The Hall–Kier alpha value is -0.120. The van der Waals surface area contributed by atoms with Gasteiger partial charge in [-0.05, 0) is 59.3 Å². The second-order valence-corrected chi connectivity index (χ2v) is 7.93. The summed E-state index contributed by atoms with van der Waals surface area (Å²) in [5.74, 6) is 0.391. The predicted octanol–water partition coefficient (Wildman–Crippen LogP) is 4.03. The largest absolute Gasteiger partial charge is 0.390 e. The minimum absolute atomic E-state index is 0.0124. The summed E-state index contributed by atoms with van der Waals surface area (Å²) >= 11 is 0. The maximum absolute atomic E-state index is 9.77. The highest BCUT2D eigenvalue weighted by Crippen LogP contribution is 2.41. The summed E-state index contributed by atoms with van der Waals surface area (Å²) in [5.41, 5.74) is -0.952. The highest BCUT2D eigenvalue weighted by Gasteiger charge is 2.42. The van der Waals surface area contributed by atoms with Crippen LogP contribution in [0.25, 0.3) is 0 Å². The summed E-state index contributed by atoms with van der Waals surface area (Å²) in [6.45, 7) is 20.0. The van der Waals surface area contributed by atoms with E-state index in [0.717, 1.165) is 6.61 Å².